The standard InChI is InChI=1S/C18H13BrClF3N6O/c19-15-8-14(29(26-15)16-13(20)2-1-6-24-16)17(30)25-11-3-4-12-5-7-27(28(12)9-11)10-18(21,22)23/h1-6,8-9H,7,10H2,(H,25,30). The molecule has 7 nitrogen and oxygen atoms in total. The summed E-state index contributed by atoms with van der Waals surface area (Å²) < 4.78 is 40.1. The Labute approximate surface area is 182 Å². The zero-order chi connectivity index (χ0) is 21.5. The monoisotopic (exact) mass is 500 g/mol. The highest BCUT2D eigenvalue weighted by Crippen LogP contribution is 2.28. The fourth-order valence-corrected chi connectivity index (χ4v) is 3.60. The number of amides is 1. The van der Waals surface area contributed by atoms with Crippen molar-refractivity contribution in [3.05, 3.63) is 75.5 Å². The number of carbonyl (C=O) groups excluding carboxylic acids is 1. The average molecular weight is 502 g/mol. The number of nitrogens with one attached hydrogen (secondary N) is 1. The van der Waals surface area contributed by atoms with Gasteiger partial charge in [-0.2, -0.15) is 18.3 Å². The quantitative estimate of drug-likeness (QED) is 0.690. The molecule has 0 atom stereocenters. The van der Waals surface area contributed by atoms with Crippen molar-refractivity contribution in [2.75, 3.05) is 13.1 Å². The van der Waals surface area contributed by atoms with Gasteiger partial charge in [-0.25, -0.2) is 14.7 Å². The summed E-state index contributed by atoms with van der Waals surface area (Å²) in [6.07, 6.45) is 3.53. The second-order valence-electron chi connectivity index (χ2n) is 6.38. The predicted molar refractivity (Wildman–Crippen MR) is 106 cm³/mol. The van der Waals surface area contributed by atoms with E-state index in [-0.39, 0.29) is 18.1 Å². The summed E-state index contributed by atoms with van der Waals surface area (Å²) in [5.74, 6) is -0.260. The number of carbonyl (C=O) groups is 1. The minimum atomic E-state index is -4.34. The summed E-state index contributed by atoms with van der Waals surface area (Å²) in [7, 11) is 0. The molecule has 0 fully saturated rings. The molecule has 4 heterocycles. The van der Waals surface area contributed by atoms with Gasteiger partial charge in [-0.05, 0) is 46.3 Å². The van der Waals surface area contributed by atoms with Crippen LogP contribution in [0.25, 0.3) is 5.82 Å². The van der Waals surface area contributed by atoms with E-state index >= 15 is 0 Å². The van der Waals surface area contributed by atoms with E-state index in [1.807, 2.05) is 0 Å². The molecule has 4 rings (SSSR count). The average Bonchev–Trinajstić information content (AvgIpc) is 3.24. The largest absolute Gasteiger partial charge is 0.403 e. The van der Waals surface area contributed by atoms with E-state index in [0.717, 1.165) is 5.01 Å². The molecule has 0 saturated carbocycles. The van der Waals surface area contributed by atoms with Crippen LogP contribution < -0.4 is 5.32 Å². The summed E-state index contributed by atoms with van der Waals surface area (Å²) >= 11 is 9.39. The maximum atomic E-state index is 12.9. The summed E-state index contributed by atoms with van der Waals surface area (Å²) in [6, 6.07) is 4.75. The third kappa shape index (κ3) is 4.27. The molecule has 0 aliphatic carbocycles. The molecule has 0 unspecified atom stereocenters. The number of fused-ring (bicyclic) bond motifs is 1. The van der Waals surface area contributed by atoms with E-state index < -0.39 is 18.6 Å². The molecule has 12 heteroatoms. The summed E-state index contributed by atoms with van der Waals surface area (Å²) in [4.78, 5) is 17.0. The Kier molecular flexibility index (Phi) is 5.43. The molecule has 2 aliphatic heterocycles. The van der Waals surface area contributed by atoms with Crippen molar-refractivity contribution < 1.29 is 18.0 Å². The fraction of sp³-hybridized carbons (Fsp3) is 0.167. The molecule has 0 bridgehead atoms. The van der Waals surface area contributed by atoms with Gasteiger partial charge in [0.15, 0.2) is 5.82 Å². The van der Waals surface area contributed by atoms with E-state index in [1.165, 1.54) is 28.2 Å². The minimum Gasteiger partial charge on any atom is -0.319 e. The Balaban J connectivity index is 1.57. The van der Waals surface area contributed by atoms with Crippen LogP contribution in [-0.4, -0.2) is 50.0 Å². The van der Waals surface area contributed by atoms with E-state index in [1.54, 1.807) is 30.4 Å². The zero-order valence-corrected chi connectivity index (χ0v) is 17.4. The first-order chi connectivity index (χ1) is 14.2. The van der Waals surface area contributed by atoms with Gasteiger partial charge in [0, 0.05) is 25.0 Å². The van der Waals surface area contributed by atoms with Crippen LogP contribution in [0.1, 0.15) is 10.5 Å². The molecule has 1 amide bonds. The van der Waals surface area contributed by atoms with Crippen LogP contribution in [0.3, 0.4) is 0 Å². The molecule has 1 N–H and O–H groups in total. The molecule has 0 aromatic carbocycles. The molecule has 0 saturated heterocycles. The van der Waals surface area contributed by atoms with Crippen LogP contribution in [0.5, 0.6) is 0 Å². The van der Waals surface area contributed by atoms with Crippen molar-refractivity contribution in [1.29, 1.82) is 0 Å². The van der Waals surface area contributed by atoms with Gasteiger partial charge in [0.05, 0.1) is 16.4 Å². The lowest BCUT2D eigenvalue weighted by Gasteiger charge is -2.31. The Morgan fingerprint density at radius 1 is 1.33 bits per heavy atom. The van der Waals surface area contributed by atoms with Gasteiger partial charge >= 0.3 is 6.18 Å². The summed E-state index contributed by atoms with van der Waals surface area (Å²) in [5, 5.41) is 9.67. The molecular formula is C18H13BrClF3N6O. The SMILES string of the molecule is O=C(NC1=CN2C(=CCN2CC(F)(F)F)C=C1)c1cc(Br)nn1-c1ncccc1Cl. The molecule has 0 radical (unpaired) electrons. The van der Waals surface area contributed by atoms with Crippen molar-refractivity contribution in [3.63, 3.8) is 0 Å². The van der Waals surface area contributed by atoms with Crippen LogP contribution in [0, 0.1) is 0 Å². The number of rotatable bonds is 4. The van der Waals surface area contributed by atoms with Gasteiger partial charge in [0.25, 0.3) is 5.91 Å². The molecule has 2 aromatic rings. The smallest absolute Gasteiger partial charge is 0.319 e. The molecule has 0 spiro atoms. The Morgan fingerprint density at radius 2 is 2.13 bits per heavy atom. The van der Waals surface area contributed by atoms with Crippen molar-refractivity contribution in [3.8, 4) is 5.82 Å². The predicted octanol–water partition coefficient (Wildman–Crippen LogP) is 3.80. The molecule has 2 aliphatic rings. The second-order valence-corrected chi connectivity index (χ2v) is 7.60. The van der Waals surface area contributed by atoms with Crippen molar-refractivity contribution in [2.24, 2.45) is 0 Å². The third-order valence-electron chi connectivity index (χ3n) is 4.25. The first kappa shape index (κ1) is 20.6. The lowest BCUT2D eigenvalue weighted by atomic mass is 10.2. The highest BCUT2D eigenvalue weighted by atomic mass is 79.9. The van der Waals surface area contributed by atoms with Crippen molar-refractivity contribution in [2.45, 2.75) is 6.18 Å². The van der Waals surface area contributed by atoms with Gasteiger partial charge in [0.1, 0.15) is 16.8 Å². The van der Waals surface area contributed by atoms with Crippen molar-refractivity contribution >= 4 is 33.4 Å². The number of halogens is 5. The second kappa shape index (κ2) is 7.89. The topological polar surface area (TPSA) is 66.3 Å². The first-order valence-electron chi connectivity index (χ1n) is 8.60. The number of aromatic nitrogens is 3. The summed E-state index contributed by atoms with van der Waals surface area (Å²) in [6.45, 7) is -0.981. The number of hydrazine groups is 1. The fourth-order valence-electron chi connectivity index (χ4n) is 3.02. The maximum absolute atomic E-state index is 12.9. The Bertz CT molecular complexity index is 1090. The molecular weight excluding hydrogens is 489 g/mol. The van der Waals surface area contributed by atoms with Gasteiger partial charge in [0.2, 0.25) is 0 Å². The van der Waals surface area contributed by atoms with Crippen LogP contribution in [0.4, 0.5) is 13.2 Å². The van der Waals surface area contributed by atoms with E-state index in [0.29, 0.717) is 21.0 Å². The van der Waals surface area contributed by atoms with Crippen LogP contribution in [0.2, 0.25) is 5.02 Å². The number of pyridine rings is 1. The molecule has 156 valence electrons. The number of alkyl halides is 3. The van der Waals surface area contributed by atoms with Crippen LogP contribution >= 0.6 is 27.5 Å². The van der Waals surface area contributed by atoms with E-state index in [4.69, 9.17) is 11.6 Å². The van der Waals surface area contributed by atoms with Crippen LogP contribution in [-0.2, 0) is 0 Å². The lowest BCUT2D eigenvalue weighted by Crippen LogP contribution is -2.41. The van der Waals surface area contributed by atoms with Crippen LogP contribution in [0.15, 0.2) is 64.8 Å². The number of hydrogen-bond donors (Lipinski definition) is 1. The number of nitrogens with zero attached hydrogens (tertiary/aromatic N) is 5. The van der Waals surface area contributed by atoms with Gasteiger partial charge in [-0.1, -0.05) is 11.6 Å². The third-order valence-corrected chi connectivity index (χ3v) is 4.93. The van der Waals surface area contributed by atoms with Gasteiger partial charge < -0.3 is 5.32 Å². The maximum Gasteiger partial charge on any atom is 0.403 e. The molecule has 2 aromatic heterocycles. The van der Waals surface area contributed by atoms with Gasteiger partial charge in [-0.3, -0.25) is 9.80 Å². The van der Waals surface area contributed by atoms with E-state index in [9.17, 15) is 18.0 Å². The Hall–Kier alpha value is -2.63. The zero-order valence-electron chi connectivity index (χ0n) is 15.1. The van der Waals surface area contributed by atoms with Crippen molar-refractivity contribution in [1.82, 2.24) is 30.1 Å². The normalized spacial score (nSPS) is 16.4. The molecule has 30 heavy (non-hydrogen) atoms. The minimum absolute atomic E-state index is 0.120. The van der Waals surface area contributed by atoms with E-state index in [2.05, 4.69) is 31.3 Å². The first-order valence-corrected chi connectivity index (χ1v) is 9.77. The van der Waals surface area contributed by atoms with Gasteiger partial charge in [-0.15, -0.1) is 0 Å². The highest BCUT2D eigenvalue weighted by molar-refractivity contribution is 9.10. The Morgan fingerprint density at radius 3 is 2.87 bits per heavy atom. The highest BCUT2D eigenvalue weighted by Gasteiger charge is 2.35. The number of allylic oxidation sites excluding steroid dienone is 2. The summed E-state index contributed by atoms with van der Waals surface area (Å²) in [5.41, 5.74) is 1.07. The number of hydrogen-bond acceptors (Lipinski definition) is 5. The lowest BCUT2D eigenvalue weighted by molar-refractivity contribution is -0.163.